The van der Waals surface area contributed by atoms with Gasteiger partial charge in [-0.3, -0.25) is 4.68 Å². The summed E-state index contributed by atoms with van der Waals surface area (Å²) in [4.78, 5) is 7.04. The second-order valence-electron chi connectivity index (χ2n) is 3.53. The number of aromatic nitrogens is 4. The molecule has 0 aliphatic carbocycles. The van der Waals surface area contributed by atoms with Crippen LogP contribution in [0.5, 0.6) is 0 Å². The molecule has 0 saturated carbocycles. The van der Waals surface area contributed by atoms with E-state index in [-0.39, 0.29) is 0 Å². The monoisotopic (exact) mass is 205 g/mol. The van der Waals surface area contributed by atoms with Crippen LogP contribution in [0.2, 0.25) is 0 Å². The van der Waals surface area contributed by atoms with E-state index < -0.39 is 0 Å². The van der Waals surface area contributed by atoms with E-state index in [2.05, 4.69) is 20.4 Å². The Morgan fingerprint density at radius 1 is 1.47 bits per heavy atom. The first-order chi connectivity index (χ1) is 7.34. The molecular weight excluding hydrogens is 190 g/mol. The number of hydrogen-bond donors (Lipinski definition) is 2. The Balaban J connectivity index is 1.67. The molecule has 0 aliphatic heterocycles. The normalized spacial score (nSPS) is 10.7. The van der Waals surface area contributed by atoms with E-state index >= 15 is 0 Å². The zero-order chi connectivity index (χ0) is 10.5. The second-order valence-corrected chi connectivity index (χ2v) is 3.53. The molecule has 2 aromatic heterocycles. The number of nitrogens with one attached hydrogen (secondary N) is 2. The Bertz CT molecular complexity index is 390. The molecule has 5 nitrogen and oxygen atoms in total. The van der Waals surface area contributed by atoms with Gasteiger partial charge in [-0.25, -0.2) is 4.98 Å². The number of aryl methyl sites for hydroxylation is 1. The molecule has 0 aliphatic rings. The number of rotatable bonds is 5. The Labute approximate surface area is 88.5 Å². The van der Waals surface area contributed by atoms with Crippen LogP contribution in [0.1, 0.15) is 11.3 Å². The van der Waals surface area contributed by atoms with Crippen LogP contribution >= 0.6 is 0 Å². The van der Waals surface area contributed by atoms with Gasteiger partial charge in [0.1, 0.15) is 0 Å². The molecule has 2 aromatic rings. The molecule has 2 N–H and O–H groups in total. The van der Waals surface area contributed by atoms with Crippen LogP contribution in [0.4, 0.5) is 0 Å². The van der Waals surface area contributed by atoms with E-state index in [1.807, 2.05) is 30.3 Å². The van der Waals surface area contributed by atoms with Crippen LogP contribution < -0.4 is 5.32 Å². The average molecular weight is 205 g/mol. The van der Waals surface area contributed by atoms with E-state index in [0.29, 0.717) is 0 Å². The SMILES string of the molecule is Cn1cc(CNCCc2cnc[nH]2)cn1. The molecule has 0 radical (unpaired) electrons. The first kappa shape index (κ1) is 9.92. The second kappa shape index (κ2) is 4.75. The first-order valence-corrected chi connectivity index (χ1v) is 5.00. The van der Waals surface area contributed by atoms with Gasteiger partial charge in [-0.15, -0.1) is 0 Å². The zero-order valence-electron chi connectivity index (χ0n) is 8.77. The van der Waals surface area contributed by atoms with E-state index in [4.69, 9.17) is 0 Å². The third kappa shape index (κ3) is 2.92. The summed E-state index contributed by atoms with van der Waals surface area (Å²) < 4.78 is 1.81. The molecule has 0 bridgehead atoms. The van der Waals surface area contributed by atoms with Crippen molar-refractivity contribution in [1.29, 1.82) is 0 Å². The fourth-order valence-corrected chi connectivity index (χ4v) is 1.44. The van der Waals surface area contributed by atoms with Gasteiger partial charge in [0, 0.05) is 50.2 Å². The standard InChI is InChI=1S/C10H15N5/c1-15-7-9(5-14-15)4-11-3-2-10-6-12-8-13-10/h5-8,11H,2-4H2,1H3,(H,12,13). The van der Waals surface area contributed by atoms with Crippen molar-refractivity contribution in [1.82, 2.24) is 25.1 Å². The van der Waals surface area contributed by atoms with E-state index in [9.17, 15) is 0 Å². The molecule has 0 fully saturated rings. The lowest BCUT2D eigenvalue weighted by Gasteiger charge is -2.00. The van der Waals surface area contributed by atoms with Crippen LogP contribution in [0, 0.1) is 0 Å². The van der Waals surface area contributed by atoms with Gasteiger partial charge in [-0.2, -0.15) is 5.10 Å². The van der Waals surface area contributed by atoms with Crippen molar-refractivity contribution in [2.45, 2.75) is 13.0 Å². The first-order valence-electron chi connectivity index (χ1n) is 5.00. The summed E-state index contributed by atoms with van der Waals surface area (Å²) in [7, 11) is 1.92. The van der Waals surface area contributed by atoms with Crippen molar-refractivity contribution in [2.24, 2.45) is 7.05 Å². The summed E-state index contributed by atoms with van der Waals surface area (Å²) in [6, 6.07) is 0. The van der Waals surface area contributed by atoms with Crippen molar-refractivity contribution in [3.63, 3.8) is 0 Å². The fraction of sp³-hybridized carbons (Fsp3) is 0.400. The van der Waals surface area contributed by atoms with Gasteiger partial charge in [0.2, 0.25) is 0 Å². The highest BCUT2D eigenvalue weighted by Crippen LogP contribution is 1.95. The Morgan fingerprint density at radius 2 is 2.40 bits per heavy atom. The smallest absolute Gasteiger partial charge is 0.0921 e. The molecular formula is C10H15N5. The van der Waals surface area contributed by atoms with Gasteiger partial charge in [0.05, 0.1) is 12.5 Å². The average Bonchev–Trinajstić information content (AvgIpc) is 2.84. The summed E-state index contributed by atoms with van der Waals surface area (Å²) in [6.45, 7) is 1.80. The predicted octanol–water partition coefficient (Wildman–Crippen LogP) is 0.475. The molecule has 0 aromatic carbocycles. The largest absolute Gasteiger partial charge is 0.348 e. The number of imidazole rings is 1. The van der Waals surface area contributed by atoms with Crippen LogP contribution in [0.25, 0.3) is 0 Å². The Morgan fingerprint density at radius 3 is 3.07 bits per heavy atom. The summed E-state index contributed by atoms with van der Waals surface area (Å²) in [5, 5.41) is 7.46. The van der Waals surface area contributed by atoms with Gasteiger partial charge in [0.15, 0.2) is 0 Å². The molecule has 0 atom stereocenters. The zero-order valence-corrected chi connectivity index (χ0v) is 8.77. The van der Waals surface area contributed by atoms with Crippen LogP contribution in [0.15, 0.2) is 24.9 Å². The minimum atomic E-state index is 0.863. The van der Waals surface area contributed by atoms with Gasteiger partial charge in [-0.1, -0.05) is 0 Å². The molecule has 0 unspecified atom stereocenters. The quantitative estimate of drug-likeness (QED) is 0.698. The molecule has 5 heteroatoms. The van der Waals surface area contributed by atoms with Crippen LogP contribution in [-0.4, -0.2) is 26.3 Å². The summed E-state index contributed by atoms with van der Waals surface area (Å²) in [6.07, 6.45) is 8.43. The van der Waals surface area contributed by atoms with Crippen LogP contribution in [-0.2, 0) is 20.0 Å². The molecule has 0 amide bonds. The van der Waals surface area contributed by atoms with Crippen molar-refractivity contribution in [3.8, 4) is 0 Å². The van der Waals surface area contributed by atoms with Crippen molar-refractivity contribution >= 4 is 0 Å². The highest BCUT2D eigenvalue weighted by atomic mass is 15.2. The highest BCUT2D eigenvalue weighted by molar-refractivity contribution is 5.03. The lowest BCUT2D eigenvalue weighted by atomic mass is 10.3. The van der Waals surface area contributed by atoms with Gasteiger partial charge in [0.25, 0.3) is 0 Å². The number of H-pyrrole nitrogens is 1. The van der Waals surface area contributed by atoms with Crippen molar-refractivity contribution < 1.29 is 0 Å². The predicted molar refractivity (Wildman–Crippen MR) is 57.2 cm³/mol. The maximum absolute atomic E-state index is 4.11. The molecule has 15 heavy (non-hydrogen) atoms. The molecule has 80 valence electrons. The van der Waals surface area contributed by atoms with Crippen molar-refractivity contribution in [3.05, 3.63) is 36.2 Å². The maximum atomic E-state index is 4.11. The minimum Gasteiger partial charge on any atom is -0.348 e. The number of hydrogen-bond acceptors (Lipinski definition) is 3. The van der Waals surface area contributed by atoms with Gasteiger partial charge < -0.3 is 10.3 Å². The topological polar surface area (TPSA) is 58.5 Å². The highest BCUT2D eigenvalue weighted by Gasteiger charge is 1.96. The minimum absolute atomic E-state index is 0.863. The molecule has 2 rings (SSSR count). The maximum Gasteiger partial charge on any atom is 0.0921 e. The molecule has 0 saturated heterocycles. The molecule has 0 spiro atoms. The number of nitrogens with zero attached hydrogens (tertiary/aromatic N) is 3. The summed E-state index contributed by atoms with van der Waals surface area (Å²) in [5.74, 6) is 0. The van der Waals surface area contributed by atoms with Gasteiger partial charge in [-0.05, 0) is 0 Å². The third-order valence-electron chi connectivity index (χ3n) is 2.21. The van der Waals surface area contributed by atoms with Crippen molar-refractivity contribution in [2.75, 3.05) is 6.54 Å². The van der Waals surface area contributed by atoms with Gasteiger partial charge >= 0.3 is 0 Å². The summed E-state index contributed by atoms with van der Waals surface area (Å²) >= 11 is 0. The van der Waals surface area contributed by atoms with E-state index in [1.165, 1.54) is 5.56 Å². The van der Waals surface area contributed by atoms with E-state index in [1.54, 1.807) is 6.33 Å². The lowest BCUT2D eigenvalue weighted by Crippen LogP contribution is -2.16. The lowest BCUT2D eigenvalue weighted by molar-refractivity contribution is 0.680. The Kier molecular flexibility index (Phi) is 3.14. The number of aromatic amines is 1. The molecule has 2 heterocycles. The Hall–Kier alpha value is -1.62. The van der Waals surface area contributed by atoms with Crippen LogP contribution in [0.3, 0.4) is 0 Å². The summed E-state index contributed by atoms with van der Waals surface area (Å²) in [5.41, 5.74) is 2.37. The third-order valence-corrected chi connectivity index (χ3v) is 2.21. The van der Waals surface area contributed by atoms with E-state index in [0.717, 1.165) is 25.2 Å². The fourth-order valence-electron chi connectivity index (χ4n) is 1.44.